The van der Waals surface area contributed by atoms with Crippen LogP contribution in [-0.2, 0) is 11.2 Å². The van der Waals surface area contributed by atoms with Crippen molar-refractivity contribution in [2.45, 2.75) is 19.4 Å². The number of hydrogen-bond acceptors (Lipinski definition) is 3. The van der Waals surface area contributed by atoms with Gasteiger partial charge < -0.3 is 10.3 Å². The first kappa shape index (κ1) is 14.4. The molecule has 4 aromatic rings. The molecule has 0 fully saturated rings. The zero-order chi connectivity index (χ0) is 16.5. The van der Waals surface area contributed by atoms with E-state index in [0.29, 0.717) is 6.42 Å². The number of carbonyl (C=O) groups is 1. The Labute approximate surface area is 138 Å². The average Bonchev–Trinajstić information content (AvgIpc) is 3.19. The number of nitrogens with one attached hydrogen (secondary N) is 2. The van der Waals surface area contributed by atoms with Gasteiger partial charge >= 0.3 is 0 Å². The number of aromatic amines is 1. The molecule has 1 unspecified atom stereocenters. The fourth-order valence-electron chi connectivity index (χ4n) is 2.96. The van der Waals surface area contributed by atoms with Crippen LogP contribution in [0.2, 0.25) is 0 Å². The van der Waals surface area contributed by atoms with Crippen LogP contribution in [-0.4, -0.2) is 25.5 Å². The number of carbonyl (C=O) groups excluding carboxylic acids is 1. The largest absolute Gasteiger partial charge is 0.361 e. The normalized spacial score (nSPS) is 12.5. The van der Waals surface area contributed by atoms with Gasteiger partial charge in [-0.1, -0.05) is 24.3 Å². The third-order valence-corrected chi connectivity index (χ3v) is 4.13. The zero-order valence-corrected chi connectivity index (χ0v) is 13.2. The highest BCUT2D eigenvalue weighted by Crippen LogP contribution is 2.18. The van der Waals surface area contributed by atoms with Crippen molar-refractivity contribution in [2.75, 3.05) is 0 Å². The van der Waals surface area contributed by atoms with Gasteiger partial charge in [0.05, 0.1) is 12.5 Å². The molecular formula is C18H17N5O. The number of H-pyrrole nitrogens is 1. The van der Waals surface area contributed by atoms with E-state index in [1.54, 1.807) is 0 Å². The van der Waals surface area contributed by atoms with Crippen LogP contribution in [0.1, 0.15) is 24.4 Å². The number of benzene rings is 1. The lowest BCUT2D eigenvalue weighted by molar-refractivity contribution is -0.121. The first-order chi connectivity index (χ1) is 11.7. The number of amides is 1. The Morgan fingerprint density at radius 1 is 1.21 bits per heavy atom. The maximum Gasteiger partial charge on any atom is 0.225 e. The third-order valence-electron chi connectivity index (χ3n) is 4.13. The van der Waals surface area contributed by atoms with E-state index >= 15 is 0 Å². The van der Waals surface area contributed by atoms with E-state index in [4.69, 9.17) is 0 Å². The molecule has 2 N–H and O–H groups in total. The predicted octanol–water partition coefficient (Wildman–Crippen LogP) is 2.63. The lowest BCUT2D eigenvalue weighted by Crippen LogP contribution is -2.29. The van der Waals surface area contributed by atoms with Crippen LogP contribution < -0.4 is 5.32 Å². The second-order valence-electron chi connectivity index (χ2n) is 5.81. The van der Waals surface area contributed by atoms with Gasteiger partial charge in [0, 0.05) is 23.3 Å². The van der Waals surface area contributed by atoms with Gasteiger partial charge in [-0.2, -0.15) is 0 Å². The van der Waals surface area contributed by atoms with Crippen molar-refractivity contribution in [3.05, 3.63) is 66.2 Å². The van der Waals surface area contributed by atoms with Gasteiger partial charge in [0.1, 0.15) is 0 Å². The van der Waals surface area contributed by atoms with Crippen LogP contribution in [0, 0.1) is 0 Å². The maximum absolute atomic E-state index is 12.4. The number of fused-ring (bicyclic) bond motifs is 2. The molecule has 4 rings (SSSR count). The summed E-state index contributed by atoms with van der Waals surface area (Å²) in [7, 11) is 0. The molecular weight excluding hydrogens is 302 g/mol. The Balaban J connectivity index is 1.51. The summed E-state index contributed by atoms with van der Waals surface area (Å²) in [5.41, 5.74) is 2.79. The molecule has 0 saturated heterocycles. The zero-order valence-electron chi connectivity index (χ0n) is 13.2. The predicted molar refractivity (Wildman–Crippen MR) is 91.5 cm³/mol. The fourth-order valence-corrected chi connectivity index (χ4v) is 2.96. The van der Waals surface area contributed by atoms with E-state index in [1.165, 1.54) is 0 Å². The number of pyridine rings is 1. The summed E-state index contributed by atoms with van der Waals surface area (Å²) in [6.45, 7) is 1.91. The molecule has 3 aromatic heterocycles. The molecule has 0 radical (unpaired) electrons. The quantitative estimate of drug-likeness (QED) is 0.607. The molecule has 1 atom stereocenters. The summed E-state index contributed by atoms with van der Waals surface area (Å²) in [6.07, 6.45) is 4.11. The highest BCUT2D eigenvalue weighted by molar-refractivity contribution is 5.88. The van der Waals surface area contributed by atoms with Crippen LogP contribution in [0.5, 0.6) is 0 Å². The molecule has 0 aliphatic carbocycles. The number of aromatic nitrogens is 4. The first-order valence-electron chi connectivity index (χ1n) is 7.86. The van der Waals surface area contributed by atoms with Crippen molar-refractivity contribution in [2.24, 2.45) is 0 Å². The van der Waals surface area contributed by atoms with E-state index in [0.717, 1.165) is 27.9 Å². The highest BCUT2D eigenvalue weighted by atomic mass is 16.1. The van der Waals surface area contributed by atoms with Crippen molar-refractivity contribution < 1.29 is 4.79 Å². The minimum atomic E-state index is -0.222. The van der Waals surface area contributed by atoms with Crippen molar-refractivity contribution >= 4 is 22.5 Å². The molecule has 0 spiro atoms. The van der Waals surface area contributed by atoms with Crippen molar-refractivity contribution in [3.8, 4) is 0 Å². The minimum Gasteiger partial charge on any atom is -0.361 e. The Bertz CT molecular complexity index is 1020. The van der Waals surface area contributed by atoms with Gasteiger partial charge in [-0.3, -0.25) is 9.20 Å². The van der Waals surface area contributed by atoms with Gasteiger partial charge in [0.25, 0.3) is 0 Å². The van der Waals surface area contributed by atoms with Crippen molar-refractivity contribution in [1.29, 1.82) is 0 Å². The molecule has 120 valence electrons. The first-order valence-corrected chi connectivity index (χ1v) is 7.86. The SMILES string of the molecule is CC(NC(=O)Cc1c[nH]c2ccccc12)c1nnc2ccccn12. The average molecular weight is 319 g/mol. The van der Waals surface area contributed by atoms with Crippen molar-refractivity contribution in [3.63, 3.8) is 0 Å². The Morgan fingerprint density at radius 3 is 2.96 bits per heavy atom. The minimum absolute atomic E-state index is 0.0417. The molecule has 24 heavy (non-hydrogen) atoms. The maximum atomic E-state index is 12.4. The van der Waals surface area contributed by atoms with Crippen LogP contribution in [0.25, 0.3) is 16.6 Å². The summed E-state index contributed by atoms with van der Waals surface area (Å²) in [5, 5.41) is 12.4. The Hall–Kier alpha value is -3.15. The van der Waals surface area contributed by atoms with Gasteiger partial charge in [-0.05, 0) is 30.7 Å². The number of para-hydroxylation sites is 1. The van der Waals surface area contributed by atoms with E-state index < -0.39 is 0 Å². The van der Waals surface area contributed by atoms with Crippen LogP contribution in [0.3, 0.4) is 0 Å². The number of nitrogens with zero attached hydrogens (tertiary/aromatic N) is 3. The number of hydrogen-bond donors (Lipinski definition) is 2. The summed E-state index contributed by atoms with van der Waals surface area (Å²) in [4.78, 5) is 15.6. The number of rotatable bonds is 4. The lowest BCUT2D eigenvalue weighted by Gasteiger charge is -2.12. The van der Waals surface area contributed by atoms with Gasteiger partial charge in [-0.25, -0.2) is 0 Å². The van der Waals surface area contributed by atoms with Crippen LogP contribution in [0.4, 0.5) is 0 Å². The molecule has 1 aromatic carbocycles. The summed E-state index contributed by atoms with van der Waals surface area (Å²) in [6, 6.07) is 13.5. The second kappa shape index (κ2) is 5.81. The highest BCUT2D eigenvalue weighted by Gasteiger charge is 2.16. The molecule has 0 bridgehead atoms. The van der Waals surface area contributed by atoms with E-state index in [2.05, 4.69) is 20.5 Å². The molecule has 0 aliphatic heterocycles. The standard InChI is InChI=1S/C18H17N5O/c1-12(18-22-21-16-8-4-5-9-23(16)18)20-17(24)10-13-11-19-15-7-3-2-6-14(13)15/h2-9,11-12,19H,10H2,1H3,(H,20,24). The molecule has 3 heterocycles. The second-order valence-corrected chi connectivity index (χ2v) is 5.81. The third kappa shape index (κ3) is 2.52. The molecule has 0 aliphatic rings. The van der Waals surface area contributed by atoms with Gasteiger partial charge in [0.15, 0.2) is 11.5 Å². The molecule has 6 heteroatoms. The van der Waals surface area contributed by atoms with Gasteiger partial charge in [0.2, 0.25) is 5.91 Å². The lowest BCUT2D eigenvalue weighted by atomic mass is 10.1. The summed E-state index contributed by atoms with van der Waals surface area (Å²) >= 11 is 0. The summed E-state index contributed by atoms with van der Waals surface area (Å²) in [5.74, 6) is 0.679. The van der Waals surface area contributed by atoms with Crippen LogP contribution >= 0.6 is 0 Å². The van der Waals surface area contributed by atoms with Crippen molar-refractivity contribution in [1.82, 2.24) is 24.9 Å². The monoisotopic (exact) mass is 319 g/mol. The summed E-state index contributed by atoms with van der Waals surface area (Å²) < 4.78 is 1.89. The van der Waals surface area contributed by atoms with E-state index in [-0.39, 0.29) is 11.9 Å². The molecule has 1 amide bonds. The van der Waals surface area contributed by atoms with Gasteiger partial charge in [-0.15, -0.1) is 10.2 Å². The molecule has 6 nitrogen and oxygen atoms in total. The Kier molecular flexibility index (Phi) is 3.49. The topological polar surface area (TPSA) is 75.1 Å². The van der Waals surface area contributed by atoms with Crippen LogP contribution in [0.15, 0.2) is 54.9 Å². The fraction of sp³-hybridized carbons (Fsp3) is 0.167. The molecule has 0 saturated carbocycles. The Morgan fingerprint density at radius 2 is 2.04 bits per heavy atom. The smallest absolute Gasteiger partial charge is 0.225 e. The van der Waals surface area contributed by atoms with E-state index in [1.807, 2.05) is 66.2 Å². The van der Waals surface area contributed by atoms with E-state index in [9.17, 15) is 4.79 Å².